The van der Waals surface area contributed by atoms with Gasteiger partial charge in [-0.3, -0.25) is 0 Å². The normalized spacial score (nSPS) is 12.9. The van der Waals surface area contributed by atoms with Crippen LogP contribution in [0.3, 0.4) is 0 Å². The van der Waals surface area contributed by atoms with E-state index in [-0.39, 0.29) is 12.6 Å². The van der Waals surface area contributed by atoms with E-state index < -0.39 is 0 Å². The van der Waals surface area contributed by atoms with Crippen molar-refractivity contribution in [2.75, 3.05) is 6.61 Å². The summed E-state index contributed by atoms with van der Waals surface area (Å²) in [6.07, 6.45) is 1.55. The lowest BCUT2D eigenvalue weighted by molar-refractivity contribution is 0.260. The van der Waals surface area contributed by atoms with E-state index in [2.05, 4.69) is 0 Å². The van der Waals surface area contributed by atoms with Gasteiger partial charge in [0.2, 0.25) is 0 Å². The summed E-state index contributed by atoms with van der Waals surface area (Å²) in [7, 11) is 0. The molecule has 0 aliphatic heterocycles. The van der Waals surface area contributed by atoms with Crippen molar-refractivity contribution >= 4 is 23.2 Å². The minimum absolute atomic E-state index is 0.0152. The average Bonchev–Trinajstić information content (AvgIpc) is 2.19. The van der Waals surface area contributed by atoms with Crippen molar-refractivity contribution in [2.24, 2.45) is 5.73 Å². The van der Waals surface area contributed by atoms with E-state index in [9.17, 15) is 0 Å². The van der Waals surface area contributed by atoms with Gasteiger partial charge in [-0.25, -0.2) is 0 Å². The smallest absolute Gasteiger partial charge is 0.0595 e. The van der Waals surface area contributed by atoms with Gasteiger partial charge in [0.1, 0.15) is 0 Å². The molecule has 0 radical (unpaired) electrons. The molecule has 0 saturated heterocycles. The van der Waals surface area contributed by atoms with Crippen LogP contribution in [0.25, 0.3) is 0 Å². The topological polar surface area (TPSA) is 46.2 Å². The van der Waals surface area contributed by atoms with Gasteiger partial charge >= 0.3 is 0 Å². The Kier molecular flexibility index (Phi) is 4.69. The minimum Gasteiger partial charge on any atom is -0.395 e. The summed E-state index contributed by atoms with van der Waals surface area (Å²) in [6.45, 7) is 0.0152. The molecular formula is C10H13Cl2NO. The fraction of sp³-hybridized carbons (Fsp3) is 0.400. The third-order valence-electron chi connectivity index (χ3n) is 2.02. The van der Waals surface area contributed by atoms with Crippen molar-refractivity contribution in [1.82, 2.24) is 0 Å². The molecule has 3 N–H and O–H groups in total. The van der Waals surface area contributed by atoms with Gasteiger partial charge in [-0.2, -0.15) is 0 Å². The van der Waals surface area contributed by atoms with Gasteiger partial charge in [0, 0.05) is 6.04 Å². The number of hydrogen-bond donors (Lipinski definition) is 2. The second kappa shape index (κ2) is 5.56. The van der Waals surface area contributed by atoms with Crippen molar-refractivity contribution < 1.29 is 5.11 Å². The van der Waals surface area contributed by atoms with E-state index in [1.165, 1.54) is 0 Å². The lowest BCUT2D eigenvalue weighted by Gasteiger charge is -2.08. The fourth-order valence-electron chi connectivity index (χ4n) is 1.14. The first-order valence-corrected chi connectivity index (χ1v) is 5.19. The van der Waals surface area contributed by atoms with Crippen molar-refractivity contribution in [3.05, 3.63) is 33.8 Å². The highest BCUT2D eigenvalue weighted by Crippen LogP contribution is 2.23. The number of rotatable bonds is 4. The Morgan fingerprint density at radius 1 is 1.29 bits per heavy atom. The van der Waals surface area contributed by atoms with E-state index in [1.54, 1.807) is 6.07 Å². The second-order valence-electron chi connectivity index (χ2n) is 3.23. The first kappa shape index (κ1) is 11.8. The molecule has 0 saturated carbocycles. The summed E-state index contributed by atoms with van der Waals surface area (Å²) in [5.74, 6) is 0. The van der Waals surface area contributed by atoms with Crippen molar-refractivity contribution in [3.8, 4) is 0 Å². The maximum Gasteiger partial charge on any atom is 0.0595 e. The number of nitrogens with two attached hydrogens (primary N) is 1. The van der Waals surface area contributed by atoms with Crippen LogP contribution in [0.2, 0.25) is 10.0 Å². The van der Waals surface area contributed by atoms with Crippen LogP contribution in [-0.2, 0) is 6.42 Å². The molecule has 1 atom stereocenters. The Bertz CT molecular complexity index is 304. The van der Waals surface area contributed by atoms with Gasteiger partial charge in [-0.05, 0) is 30.5 Å². The van der Waals surface area contributed by atoms with Crippen LogP contribution in [0.4, 0.5) is 0 Å². The zero-order chi connectivity index (χ0) is 10.6. The molecule has 14 heavy (non-hydrogen) atoms. The summed E-state index contributed by atoms with van der Waals surface area (Å²) >= 11 is 11.6. The standard InChI is InChI=1S/C10H13Cl2NO/c11-9-4-2-7(5-10(9)12)1-3-8(13)6-14/h2,4-5,8,14H,1,3,6,13H2/t8-/m0/s1. The van der Waals surface area contributed by atoms with Crippen molar-refractivity contribution in [2.45, 2.75) is 18.9 Å². The van der Waals surface area contributed by atoms with Crippen LogP contribution >= 0.6 is 23.2 Å². The fourth-order valence-corrected chi connectivity index (χ4v) is 1.46. The van der Waals surface area contributed by atoms with E-state index >= 15 is 0 Å². The molecule has 0 spiro atoms. The molecule has 0 heterocycles. The molecular weight excluding hydrogens is 221 g/mol. The molecule has 78 valence electrons. The number of aliphatic hydroxyl groups excluding tert-OH is 1. The predicted octanol–water partition coefficient (Wildman–Crippen LogP) is 2.25. The Balaban J connectivity index is 2.55. The van der Waals surface area contributed by atoms with Gasteiger partial charge in [-0.15, -0.1) is 0 Å². The zero-order valence-electron chi connectivity index (χ0n) is 7.71. The second-order valence-corrected chi connectivity index (χ2v) is 4.04. The predicted molar refractivity (Wildman–Crippen MR) is 59.8 cm³/mol. The minimum atomic E-state index is -0.163. The summed E-state index contributed by atoms with van der Waals surface area (Å²) < 4.78 is 0. The average molecular weight is 234 g/mol. The van der Waals surface area contributed by atoms with Gasteiger partial charge in [0.15, 0.2) is 0 Å². The Morgan fingerprint density at radius 3 is 2.57 bits per heavy atom. The largest absolute Gasteiger partial charge is 0.395 e. The number of benzene rings is 1. The third kappa shape index (κ3) is 3.46. The summed E-state index contributed by atoms with van der Waals surface area (Å²) in [6, 6.07) is 5.35. The quantitative estimate of drug-likeness (QED) is 0.839. The molecule has 0 aromatic heterocycles. The molecule has 1 aromatic carbocycles. The van der Waals surface area contributed by atoms with Gasteiger partial charge in [-0.1, -0.05) is 29.3 Å². The first-order chi connectivity index (χ1) is 6.63. The molecule has 0 aliphatic carbocycles. The molecule has 0 unspecified atom stereocenters. The Morgan fingerprint density at radius 2 is 2.00 bits per heavy atom. The van der Waals surface area contributed by atoms with Crippen molar-refractivity contribution in [1.29, 1.82) is 0 Å². The van der Waals surface area contributed by atoms with Gasteiger partial charge in [0.25, 0.3) is 0 Å². The van der Waals surface area contributed by atoms with Gasteiger partial charge < -0.3 is 10.8 Å². The highest BCUT2D eigenvalue weighted by molar-refractivity contribution is 6.42. The summed E-state index contributed by atoms with van der Waals surface area (Å²) in [4.78, 5) is 0. The summed E-state index contributed by atoms with van der Waals surface area (Å²) in [5.41, 5.74) is 6.67. The van der Waals surface area contributed by atoms with Gasteiger partial charge in [0.05, 0.1) is 16.7 Å². The zero-order valence-corrected chi connectivity index (χ0v) is 9.22. The van der Waals surface area contributed by atoms with Crippen LogP contribution in [0.5, 0.6) is 0 Å². The first-order valence-electron chi connectivity index (χ1n) is 4.44. The van der Waals surface area contributed by atoms with Crippen molar-refractivity contribution in [3.63, 3.8) is 0 Å². The molecule has 0 bridgehead atoms. The molecule has 0 amide bonds. The number of aliphatic hydroxyl groups is 1. The van der Waals surface area contributed by atoms with E-state index in [0.29, 0.717) is 10.0 Å². The number of hydrogen-bond acceptors (Lipinski definition) is 2. The highest BCUT2D eigenvalue weighted by atomic mass is 35.5. The lowest BCUT2D eigenvalue weighted by Crippen LogP contribution is -2.24. The van der Waals surface area contributed by atoms with E-state index in [0.717, 1.165) is 18.4 Å². The SMILES string of the molecule is N[C@H](CO)CCc1ccc(Cl)c(Cl)c1. The molecule has 2 nitrogen and oxygen atoms in total. The maximum absolute atomic E-state index is 8.74. The van der Waals surface area contributed by atoms with Crippen LogP contribution < -0.4 is 5.73 Å². The molecule has 4 heteroatoms. The van der Waals surface area contributed by atoms with Crippen LogP contribution in [-0.4, -0.2) is 17.8 Å². The summed E-state index contributed by atoms with van der Waals surface area (Å²) in [5, 5.41) is 9.85. The van der Waals surface area contributed by atoms with E-state index in [4.69, 9.17) is 34.0 Å². The van der Waals surface area contributed by atoms with E-state index in [1.807, 2.05) is 12.1 Å². The van der Waals surface area contributed by atoms with Crippen LogP contribution in [0.15, 0.2) is 18.2 Å². The van der Waals surface area contributed by atoms with Crippen LogP contribution in [0, 0.1) is 0 Å². The number of halogens is 2. The van der Waals surface area contributed by atoms with Crippen LogP contribution in [0.1, 0.15) is 12.0 Å². The lowest BCUT2D eigenvalue weighted by atomic mass is 10.1. The highest BCUT2D eigenvalue weighted by Gasteiger charge is 2.03. The third-order valence-corrected chi connectivity index (χ3v) is 2.76. The molecule has 0 aliphatic rings. The Labute approximate surface area is 93.6 Å². The Hall–Kier alpha value is -0.280. The molecule has 1 rings (SSSR count). The maximum atomic E-state index is 8.74. The molecule has 0 fully saturated rings. The molecule has 1 aromatic rings. The number of aryl methyl sites for hydroxylation is 1. The monoisotopic (exact) mass is 233 g/mol.